The van der Waals surface area contributed by atoms with Gasteiger partial charge < -0.3 is 9.47 Å². The highest BCUT2D eigenvalue weighted by Gasteiger charge is 2.24. The fourth-order valence-corrected chi connectivity index (χ4v) is 4.03. The predicted octanol–water partition coefficient (Wildman–Crippen LogP) is 4.55. The van der Waals surface area contributed by atoms with Crippen LogP contribution in [0, 0.1) is 0 Å². The van der Waals surface area contributed by atoms with Crippen LogP contribution in [0.1, 0.15) is 37.8 Å². The average Bonchev–Trinajstić information content (AvgIpc) is 3.24. The van der Waals surface area contributed by atoms with Gasteiger partial charge in [0.1, 0.15) is 6.10 Å². The molecule has 0 amide bonds. The van der Waals surface area contributed by atoms with Gasteiger partial charge in [0, 0.05) is 19.5 Å². The Morgan fingerprint density at radius 2 is 1.55 bits per heavy atom. The minimum absolute atomic E-state index is 0. The van der Waals surface area contributed by atoms with Crippen molar-refractivity contribution in [3.63, 3.8) is 0 Å². The maximum atomic E-state index is 12.2. The Hall–Kier alpha value is -2.43. The van der Waals surface area contributed by atoms with Crippen LogP contribution >= 0.6 is 0 Å². The lowest BCUT2D eigenvalue weighted by Crippen LogP contribution is -2.37. The van der Waals surface area contributed by atoms with Gasteiger partial charge in [-0.15, -0.1) is 0 Å². The van der Waals surface area contributed by atoms with E-state index in [4.69, 9.17) is 9.47 Å². The first-order chi connectivity index (χ1) is 13.8. The molecule has 1 unspecified atom stereocenters. The van der Waals surface area contributed by atoms with Gasteiger partial charge in [-0.25, -0.2) is 0 Å². The van der Waals surface area contributed by atoms with Crippen molar-refractivity contribution in [3.8, 4) is 0 Å². The van der Waals surface area contributed by atoms with E-state index in [2.05, 4.69) is 65.6 Å². The molecule has 0 radical (unpaired) electrons. The number of hydrogen-bond donors (Lipinski definition) is 0. The summed E-state index contributed by atoms with van der Waals surface area (Å²) in [6.45, 7) is 3.37. The molecular formula is C25H31NO3. The molecule has 2 heterocycles. The molecule has 0 spiro atoms. The van der Waals surface area contributed by atoms with E-state index in [-0.39, 0.29) is 19.5 Å². The molecule has 2 aromatic carbocycles. The van der Waals surface area contributed by atoms with Crippen LogP contribution in [-0.4, -0.2) is 49.8 Å². The van der Waals surface area contributed by atoms with Crippen molar-refractivity contribution in [3.05, 3.63) is 77.4 Å². The number of likely N-dealkylation sites (tertiary alicyclic amines) is 1. The van der Waals surface area contributed by atoms with E-state index in [0.29, 0.717) is 19.8 Å². The number of piperidine rings is 1. The van der Waals surface area contributed by atoms with Crippen LogP contribution in [0.25, 0.3) is 5.57 Å². The molecule has 1 atom stereocenters. The van der Waals surface area contributed by atoms with Crippen LogP contribution in [0.3, 0.4) is 0 Å². The standard InChI is InChI=1S/C24H27NO3.CH4/c26-23(28-22-13-16-27-18-22)17-25-14-11-21(12-15-25)24(19-7-3-1-4-8-19)20-9-5-2-6-10-20;/h1-10,22H,11-18H2;1H4. The Labute approximate surface area is 174 Å². The Balaban J connectivity index is 0.00000240. The molecule has 0 aromatic heterocycles. The minimum Gasteiger partial charge on any atom is -0.459 e. The zero-order valence-corrected chi connectivity index (χ0v) is 16.2. The monoisotopic (exact) mass is 393 g/mol. The van der Waals surface area contributed by atoms with Crippen LogP contribution in [0.5, 0.6) is 0 Å². The molecule has 0 saturated carbocycles. The van der Waals surface area contributed by atoms with Crippen molar-refractivity contribution >= 4 is 11.5 Å². The summed E-state index contributed by atoms with van der Waals surface area (Å²) in [5.41, 5.74) is 5.33. The molecular weight excluding hydrogens is 362 g/mol. The first-order valence-electron chi connectivity index (χ1n) is 10.1. The van der Waals surface area contributed by atoms with Crippen molar-refractivity contribution in [1.29, 1.82) is 0 Å². The van der Waals surface area contributed by atoms with Gasteiger partial charge in [-0.05, 0) is 29.5 Å². The zero-order valence-electron chi connectivity index (χ0n) is 16.2. The predicted molar refractivity (Wildman–Crippen MR) is 117 cm³/mol. The molecule has 29 heavy (non-hydrogen) atoms. The Kier molecular flexibility index (Phi) is 7.62. The van der Waals surface area contributed by atoms with E-state index in [9.17, 15) is 4.79 Å². The molecule has 0 N–H and O–H groups in total. The lowest BCUT2D eigenvalue weighted by atomic mass is 9.88. The molecule has 2 aliphatic rings. The molecule has 2 aromatic rings. The Morgan fingerprint density at radius 3 is 2.07 bits per heavy atom. The first-order valence-corrected chi connectivity index (χ1v) is 10.1. The van der Waals surface area contributed by atoms with Crippen LogP contribution in [0.2, 0.25) is 0 Å². The number of benzene rings is 2. The second-order valence-corrected chi connectivity index (χ2v) is 7.46. The molecule has 4 rings (SSSR count). The van der Waals surface area contributed by atoms with Gasteiger partial charge in [0.25, 0.3) is 0 Å². The molecule has 0 aliphatic carbocycles. The second-order valence-electron chi connectivity index (χ2n) is 7.46. The number of esters is 1. The quantitative estimate of drug-likeness (QED) is 0.699. The Bertz CT molecular complexity index is 759. The number of rotatable bonds is 5. The van der Waals surface area contributed by atoms with E-state index in [1.54, 1.807) is 0 Å². The van der Waals surface area contributed by atoms with Gasteiger partial charge in [0.05, 0.1) is 19.8 Å². The third kappa shape index (κ3) is 5.55. The molecule has 2 saturated heterocycles. The lowest BCUT2D eigenvalue weighted by molar-refractivity contribution is -0.150. The van der Waals surface area contributed by atoms with Gasteiger partial charge in [0.15, 0.2) is 0 Å². The van der Waals surface area contributed by atoms with Crippen molar-refractivity contribution < 1.29 is 14.3 Å². The number of carbonyl (C=O) groups excluding carboxylic acids is 1. The summed E-state index contributed by atoms with van der Waals surface area (Å²) in [6.07, 6.45) is 2.70. The number of hydrogen-bond acceptors (Lipinski definition) is 4. The minimum atomic E-state index is -0.130. The van der Waals surface area contributed by atoms with E-state index in [1.807, 2.05) is 0 Å². The van der Waals surface area contributed by atoms with Gasteiger partial charge in [0.2, 0.25) is 0 Å². The fourth-order valence-electron chi connectivity index (χ4n) is 4.03. The van der Waals surface area contributed by atoms with E-state index in [1.165, 1.54) is 22.3 Å². The number of ether oxygens (including phenoxy) is 2. The van der Waals surface area contributed by atoms with Crippen LogP contribution in [0.15, 0.2) is 66.2 Å². The highest BCUT2D eigenvalue weighted by Crippen LogP contribution is 2.32. The SMILES string of the molecule is C.O=C(CN1CCC(=C(c2ccccc2)c2ccccc2)CC1)OC1CCOC1. The third-order valence-electron chi connectivity index (χ3n) is 5.48. The highest BCUT2D eigenvalue weighted by molar-refractivity contribution is 5.82. The summed E-state index contributed by atoms with van der Waals surface area (Å²) in [5, 5.41) is 0. The summed E-state index contributed by atoms with van der Waals surface area (Å²) in [4.78, 5) is 14.4. The lowest BCUT2D eigenvalue weighted by Gasteiger charge is -2.29. The molecule has 154 valence electrons. The smallest absolute Gasteiger partial charge is 0.320 e. The Morgan fingerprint density at radius 1 is 0.966 bits per heavy atom. The van der Waals surface area contributed by atoms with Crippen LogP contribution in [0.4, 0.5) is 0 Å². The molecule has 4 heteroatoms. The van der Waals surface area contributed by atoms with Gasteiger partial charge in [-0.2, -0.15) is 0 Å². The van der Waals surface area contributed by atoms with Crippen molar-refractivity contribution in [1.82, 2.24) is 4.90 Å². The summed E-state index contributed by atoms with van der Waals surface area (Å²) >= 11 is 0. The summed E-state index contributed by atoms with van der Waals surface area (Å²) in [7, 11) is 0. The summed E-state index contributed by atoms with van der Waals surface area (Å²) in [6, 6.07) is 21.2. The van der Waals surface area contributed by atoms with Crippen molar-refractivity contribution in [2.45, 2.75) is 32.8 Å². The van der Waals surface area contributed by atoms with Gasteiger partial charge >= 0.3 is 5.97 Å². The normalized spacial score (nSPS) is 19.4. The van der Waals surface area contributed by atoms with Gasteiger partial charge in [-0.3, -0.25) is 9.69 Å². The topological polar surface area (TPSA) is 38.8 Å². The molecule has 2 aliphatic heterocycles. The molecule has 4 nitrogen and oxygen atoms in total. The highest BCUT2D eigenvalue weighted by atomic mass is 16.6. The molecule has 2 fully saturated rings. The number of nitrogens with zero attached hydrogens (tertiary/aromatic N) is 1. The fraction of sp³-hybridized carbons (Fsp3) is 0.400. The molecule has 0 bridgehead atoms. The summed E-state index contributed by atoms with van der Waals surface area (Å²) < 4.78 is 10.8. The number of carbonyl (C=O) groups is 1. The average molecular weight is 394 g/mol. The van der Waals surface area contributed by atoms with Crippen LogP contribution in [-0.2, 0) is 14.3 Å². The van der Waals surface area contributed by atoms with Crippen molar-refractivity contribution in [2.24, 2.45) is 0 Å². The first kappa shape index (κ1) is 21.3. The third-order valence-corrected chi connectivity index (χ3v) is 5.48. The maximum Gasteiger partial charge on any atom is 0.320 e. The van der Waals surface area contributed by atoms with Crippen LogP contribution < -0.4 is 0 Å². The largest absolute Gasteiger partial charge is 0.459 e. The van der Waals surface area contributed by atoms with Crippen molar-refractivity contribution in [2.75, 3.05) is 32.8 Å². The van der Waals surface area contributed by atoms with E-state index < -0.39 is 0 Å². The second kappa shape index (κ2) is 10.4. The van der Waals surface area contributed by atoms with Gasteiger partial charge in [-0.1, -0.05) is 73.7 Å². The van der Waals surface area contributed by atoms with E-state index >= 15 is 0 Å². The summed E-state index contributed by atoms with van der Waals surface area (Å²) in [5.74, 6) is -0.130. The van der Waals surface area contributed by atoms with E-state index in [0.717, 1.165) is 32.4 Å². The zero-order chi connectivity index (χ0) is 19.2. The maximum absolute atomic E-state index is 12.2.